The fourth-order valence-electron chi connectivity index (χ4n) is 3.05. The molecule has 0 saturated carbocycles. The molecule has 1 fully saturated rings. The Kier molecular flexibility index (Phi) is 7.89. The Balaban J connectivity index is 1.65. The topological polar surface area (TPSA) is 77.1 Å². The summed E-state index contributed by atoms with van der Waals surface area (Å²) < 4.78 is 5.53. The van der Waals surface area contributed by atoms with Crippen LogP contribution in [0.15, 0.2) is 24.3 Å². The number of rotatable bonds is 8. The number of urea groups is 1. The zero-order valence-electron chi connectivity index (χ0n) is 17.0. The largest absolute Gasteiger partial charge is 0.491 e. The van der Waals surface area contributed by atoms with E-state index in [1.165, 1.54) is 0 Å². The Morgan fingerprint density at radius 1 is 1.22 bits per heavy atom. The van der Waals surface area contributed by atoms with Crippen LogP contribution in [-0.4, -0.2) is 85.5 Å². The number of piperazine rings is 1. The van der Waals surface area contributed by atoms with Gasteiger partial charge in [-0.05, 0) is 40.0 Å². The molecule has 0 spiro atoms. The summed E-state index contributed by atoms with van der Waals surface area (Å²) in [6, 6.07) is 7.36. The molecule has 2 rings (SSSR count). The number of aliphatic hydroxyl groups is 1. The second-order valence-corrected chi connectivity index (χ2v) is 8.08. The van der Waals surface area contributed by atoms with E-state index in [-0.39, 0.29) is 24.7 Å². The average Bonchev–Trinajstić information content (AvgIpc) is 2.61. The van der Waals surface area contributed by atoms with Crippen molar-refractivity contribution >= 4 is 6.03 Å². The minimum Gasteiger partial charge on any atom is -0.491 e. The third-order valence-electron chi connectivity index (χ3n) is 4.63. The first-order valence-electron chi connectivity index (χ1n) is 9.58. The maximum absolute atomic E-state index is 12.2. The molecule has 0 radical (unpaired) electrons. The number of aryl methyl sites for hydroxylation is 1. The Morgan fingerprint density at radius 2 is 1.85 bits per heavy atom. The lowest BCUT2D eigenvalue weighted by molar-refractivity contribution is 0.106. The van der Waals surface area contributed by atoms with Crippen LogP contribution in [0.25, 0.3) is 0 Å². The Bertz CT molecular complexity index is 583. The number of carbonyl (C=O) groups excluding carboxylic acids is 1. The maximum Gasteiger partial charge on any atom is 0.315 e. The fraction of sp³-hybridized carbons (Fsp3) is 0.650. The van der Waals surface area contributed by atoms with Gasteiger partial charge in [-0.2, -0.15) is 0 Å². The van der Waals surface area contributed by atoms with Gasteiger partial charge in [0.1, 0.15) is 18.5 Å². The molecular formula is C20H34N4O3. The fourth-order valence-corrected chi connectivity index (χ4v) is 3.05. The van der Waals surface area contributed by atoms with E-state index in [2.05, 4.69) is 27.5 Å². The quantitative estimate of drug-likeness (QED) is 0.631. The number of ether oxygens (including phenoxy) is 1. The number of nitrogens with zero attached hydrogens (tertiary/aromatic N) is 2. The van der Waals surface area contributed by atoms with Crippen molar-refractivity contribution in [3.05, 3.63) is 29.8 Å². The molecular weight excluding hydrogens is 344 g/mol. The normalized spacial score (nSPS) is 17.4. The molecule has 3 N–H and O–H groups in total. The van der Waals surface area contributed by atoms with Crippen LogP contribution in [0, 0.1) is 6.92 Å². The molecule has 1 saturated heterocycles. The van der Waals surface area contributed by atoms with Gasteiger partial charge < -0.3 is 25.4 Å². The summed E-state index contributed by atoms with van der Waals surface area (Å²) in [5, 5.41) is 15.7. The van der Waals surface area contributed by atoms with Crippen molar-refractivity contribution in [3.8, 4) is 5.75 Å². The van der Waals surface area contributed by atoms with Crippen LogP contribution in [0.3, 0.4) is 0 Å². The van der Waals surface area contributed by atoms with Crippen molar-refractivity contribution in [2.75, 3.05) is 52.9 Å². The number of hydrogen-bond acceptors (Lipinski definition) is 5. The molecule has 7 nitrogen and oxygen atoms in total. The van der Waals surface area contributed by atoms with Crippen LogP contribution in [0.4, 0.5) is 4.79 Å². The van der Waals surface area contributed by atoms with Gasteiger partial charge in [0.15, 0.2) is 0 Å². The predicted molar refractivity (Wildman–Crippen MR) is 107 cm³/mol. The molecule has 0 aromatic heterocycles. The number of aliphatic hydroxyl groups excluding tert-OH is 1. The van der Waals surface area contributed by atoms with E-state index < -0.39 is 6.10 Å². The van der Waals surface area contributed by atoms with Crippen LogP contribution in [0.1, 0.15) is 19.4 Å². The summed E-state index contributed by atoms with van der Waals surface area (Å²) in [6.07, 6.45) is -0.766. The first-order chi connectivity index (χ1) is 12.7. The molecule has 0 unspecified atom stereocenters. The molecule has 0 aliphatic carbocycles. The second-order valence-electron chi connectivity index (χ2n) is 8.08. The molecule has 1 heterocycles. The lowest BCUT2D eigenvalue weighted by Crippen LogP contribution is -2.57. The zero-order chi connectivity index (χ0) is 19.9. The summed E-state index contributed by atoms with van der Waals surface area (Å²) in [6.45, 7) is 11.2. The highest BCUT2D eigenvalue weighted by Crippen LogP contribution is 2.11. The molecule has 0 bridgehead atoms. The van der Waals surface area contributed by atoms with E-state index >= 15 is 0 Å². The summed E-state index contributed by atoms with van der Waals surface area (Å²) in [4.78, 5) is 16.8. The van der Waals surface area contributed by atoms with Gasteiger partial charge in [-0.1, -0.05) is 17.7 Å². The summed E-state index contributed by atoms with van der Waals surface area (Å²) in [5.41, 5.74) is 0.809. The maximum atomic E-state index is 12.2. The van der Waals surface area contributed by atoms with Gasteiger partial charge >= 0.3 is 6.03 Å². The third-order valence-corrected chi connectivity index (χ3v) is 4.63. The molecule has 1 atom stereocenters. The Hall–Kier alpha value is -1.83. The summed E-state index contributed by atoms with van der Waals surface area (Å²) in [7, 11) is 2.13. The summed E-state index contributed by atoms with van der Waals surface area (Å²) >= 11 is 0. The number of nitrogens with one attached hydrogen (secondary N) is 2. The van der Waals surface area contributed by atoms with E-state index in [0.29, 0.717) is 5.75 Å². The van der Waals surface area contributed by atoms with Crippen molar-refractivity contribution in [3.63, 3.8) is 0 Å². The SMILES string of the molecule is Cc1ccc(OC[C@@H](O)CNC(=O)NC(C)(C)CN2CCN(C)CC2)cc1. The monoisotopic (exact) mass is 378 g/mol. The molecule has 152 valence electrons. The van der Waals surface area contributed by atoms with Gasteiger partial charge in [-0.15, -0.1) is 0 Å². The predicted octanol–water partition coefficient (Wildman–Crippen LogP) is 1.06. The van der Waals surface area contributed by atoms with Crippen LogP contribution in [-0.2, 0) is 0 Å². The van der Waals surface area contributed by atoms with E-state index in [0.717, 1.165) is 38.3 Å². The molecule has 1 aromatic carbocycles. The Labute approximate surface area is 162 Å². The van der Waals surface area contributed by atoms with E-state index in [4.69, 9.17) is 4.74 Å². The van der Waals surface area contributed by atoms with E-state index in [9.17, 15) is 9.90 Å². The van der Waals surface area contributed by atoms with Crippen LogP contribution >= 0.6 is 0 Å². The van der Waals surface area contributed by atoms with Crippen molar-refractivity contribution < 1.29 is 14.6 Å². The Morgan fingerprint density at radius 3 is 2.48 bits per heavy atom. The standard InChI is InChI=1S/C20H34N4O3/c1-16-5-7-18(8-6-16)27-14-17(25)13-21-19(26)22-20(2,3)15-24-11-9-23(4)10-12-24/h5-8,17,25H,9-15H2,1-4H3,(H2,21,22,26)/t17-/m0/s1. The minimum absolute atomic E-state index is 0.133. The van der Waals surface area contributed by atoms with E-state index in [1.807, 2.05) is 45.0 Å². The first-order valence-corrected chi connectivity index (χ1v) is 9.58. The van der Waals surface area contributed by atoms with Crippen LogP contribution < -0.4 is 15.4 Å². The molecule has 2 amide bonds. The van der Waals surface area contributed by atoms with Crippen molar-refractivity contribution in [2.24, 2.45) is 0 Å². The number of carbonyl (C=O) groups is 1. The smallest absolute Gasteiger partial charge is 0.315 e. The zero-order valence-corrected chi connectivity index (χ0v) is 17.0. The highest BCUT2D eigenvalue weighted by molar-refractivity contribution is 5.74. The van der Waals surface area contributed by atoms with Crippen molar-refractivity contribution in [1.82, 2.24) is 20.4 Å². The molecule has 7 heteroatoms. The third kappa shape index (κ3) is 8.15. The second kappa shape index (κ2) is 9.92. The number of amides is 2. The van der Waals surface area contributed by atoms with Gasteiger partial charge in [-0.25, -0.2) is 4.79 Å². The summed E-state index contributed by atoms with van der Waals surface area (Å²) in [5.74, 6) is 0.706. The van der Waals surface area contributed by atoms with Gasteiger partial charge in [-0.3, -0.25) is 4.90 Å². The molecule has 1 aliphatic rings. The molecule has 1 aliphatic heterocycles. The highest BCUT2D eigenvalue weighted by atomic mass is 16.5. The van der Waals surface area contributed by atoms with Crippen LogP contribution in [0.2, 0.25) is 0 Å². The average molecular weight is 379 g/mol. The lowest BCUT2D eigenvalue weighted by atomic mass is 10.0. The number of likely N-dealkylation sites (N-methyl/N-ethyl adjacent to an activating group) is 1. The highest BCUT2D eigenvalue weighted by Gasteiger charge is 2.25. The van der Waals surface area contributed by atoms with Gasteiger partial charge in [0.2, 0.25) is 0 Å². The van der Waals surface area contributed by atoms with Crippen molar-refractivity contribution in [1.29, 1.82) is 0 Å². The number of hydrogen-bond donors (Lipinski definition) is 3. The van der Waals surface area contributed by atoms with Gasteiger partial charge in [0, 0.05) is 44.8 Å². The number of benzene rings is 1. The van der Waals surface area contributed by atoms with Gasteiger partial charge in [0.25, 0.3) is 0 Å². The lowest BCUT2D eigenvalue weighted by Gasteiger charge is -2.38. The molecule has 27 heavy (non-hydrogen) atoms. The van der Waals surface area contributed by atoms with Crippen LogP contribution in [0.5, 0.6) is 5.75 Å². The molecule has 1 aromatic rings. The van der Waals surface area contributed by atoms with Crippen molar-refractivity contribution in [2.45, 2.75) is 32.4 Å². The minimum atomic E-state index is -0.766. The van der Waals surface area contributed by atoms with E-state index in [1.54, 1.807) is 0 Å². The first kappa shape index (κ1) is 21.5. The van der Waals surface area contributed by atoms with Gasteiger partial charge in [0.05, 0.1) is 0 Å².